The molecule has 0 aliphatic carbocycles. The Morgan fingerprint density at radius 2 is 1.36 bits per heavy atom. The molecule has 33 heavy (non-hydrogen) atoms. The molecule has 0 saturated heterocycles. The number of hydrogen-bond donors (Lipinski definition) is 1. The molecule has 0 unspecified atom stereocenters. The number of pyridine rings is 1. The molecule has 3 rings (SSSR count). The molecule has 1 aromatic heterocycles. The zero-order valence-electron chi connectivity index (χ0n) is 22.0. The molecule has 0 aliphatic heterocycles. The first-order chi connectivity index (χ1) is 15.2. The Morgan fingerprint density at radius 3 is 1.85 bits per heavy atom. The third-order valence-electron chi connectivity index (χ3n) is 7.70. The average molecular weight is 432 g/mol. The predicted molar refractivity (Wildman–Crippen MR) is 159 cm³/mol. The van der Waals surface area contributed by atoms with E-state index in [2.05, 4.69) is 76.5 Å². The zero-order chi connectivity index (χ0) is 24.7. The third-order valence-corrected chi connectivity index (χ3v) is 7.70. The Labute approximate surface area is 204 Å². The highest BCUT2D eigenvalue weighted by Crippen LogP contribution is 2.25. The van der Waals surface area contributed by atoms with Crippen molar-refractivity contribution < 1.29 is 9.76 Å². The van der Waals surface area contributed by atoms with Crippen molar-refractivity contribution in [3.8, 4) is 22.4 Å². The molecule has 3 aromatic rings. The molecular weight excluding hydrogens is 399 g/mol. The lowest BCUT2D eigenvalue weighted by Crippen LogP contribution is -2.55. The number of aliphatic hydroxyl groups is 1. The normalized spacial score (nSPS) is 12.1. The third kappa shape index (κ3) is 5.05. The van der Waals surface area contributed by atoms with Crippen molar-refractivity contribution in [1.29, 1.82) is 0 Å². The highest BCUT2D eigenvalue weighted by molar-refractivity contribution is 6.68. The molecule has 164 valence electrons. The van der Waals surface area contributed by atoms with E-state index in [1.54, 1.807) is 13.8 Å². The Hall–Kier alpha value is -2.10. The first-order valence-corrected chi connectivity index (χ1v) is 11.7. The van der Waals surface area contributed by atoms with Crippen LogP contribution in [0.15, 0.2) is 36.5 Å². The van der Waals surface area contributed by atoms with E-state index in [0.29, 0.717) is 7.48 Å². The SMILES string of the molecule is Bc1c(B)c(B)c(-c2cnc(-c3ccc(BOC(C)(C)C(C)(C)O)cc3)cc2C)c(B)c1B. The molecule has 0 bridgehead atoms. The lowest BCUT2D eigenvalue weighted by Gasteiger charge is -2.37. The van der Waals surface area contributed by atoms with Crippen molar-refractivity contribution in [2.24, 2.45) is 0 Å². The molecule has 0 atom stereocenters. The van der Waals surface area contributed by atoms with E-state index >= 15 is 0 Å². The zero-order valence-corrected chi connectivity index (χ0v) is 22.0. The smallest absolute Gasteiger partial charge is 0.309 e. The number of aromatic nitrogens is 1. The number of rotatable bonds is 6. The topological polar surface area (TPSA) is 42.4 Å². The number of hydrogen-bond acceptors (Lipinski definition) is 3. The van der Waals surface area contributed by atoms with Gasteiger partial charge in [-0.05, 0) is 51.8 Å². The molecule has 1 heterocycles. The van der Waals surface area contributed by atoms with Crippen LogP contribution in [0.2, 0.25) is 0 Å². The standard InChI is InChI=1S/C24H33B6NO2/c1-12-10-16(13-6-8-14(9-7-13)30-33-24(4,5)23(2,3)32)31-11-15(12)17-18(25)20(27)22(29)21(28)19(17)26/h6-11,30,32H,25-29H2,1-5H3. The number of nitrogens with zero attached hydrogens (tertiary/aromatic N) is 1. The fraction of sp³-hybridized carbons (Fsp3) is 0.292. The van der Waals surface area contributed by atoms with Crippen molar-refractivity contribution in [2.75, 3.05) is 0 Å². The molecule has 0 spiro atoms. The van der Waals surface area contributed by atoms with Gasteiger partial charge in [-0.2, -0.15) is 0 Å². The van der Waals surface area contributed by atoms with Crippen LogP contribution in [0.3, 0.4) is 0 Å². The van der Waals surface area contributed by atoms with Crippen molar-refractivity contribution in [2.45, 2.75) is 45.8 Å². The van der Waals surface area contributed by atoms with Crippen LogP contribution in [0.5, 0.6) is 0 Å². The van der Waals surface area contributed by atoms with E-state index in [1.807, 2.05) is 20.0 Å². The van der Waals surface area contributed by atoms with Gasteiger partial charge >= 0.3 is 7.48 Å². The van der Waals surface area contributed by atoms with Gasteiger partial charge in [0.2, 0.25) is 0 Å². The Morgan fingerprint density at radius 1 is 0.848 bits per heavy atom. The van der Waals surface area contributed by atoms with E-state index in [4.69, 9.17) is 9.64 Å². The molecule has 1 N–H and O–H groups in total. The minimum Gasteiger partial charge on any atom is -0.427 e. The van der Waals surface area contributed by atoms with Crippen molar-refractivity contribution in [1.82, 2.24) is 4.98 Å². The largest absolute Gasteiger partial charge is 0.427 e. The van der Waals surface area contributed by atoms with E-state index in [-0.39, 0.29) is 0 Å². The summed E-state index contributed by atoms with van der Waals surface area (Å²) in [6, 6.07) is 10.5. The van der Waals surface area contributed by atoms with Crippen molar-refractivity contribution >= 4 is 79.5 Å². The van der Waals surface area contributed by atoms with Gasteiger partial charge in [-0.3, -0.25) is 4.98 Å². The van der Waals surface area contributed by atoms with Gasteiger partial charge in [-0.15, -0.1) is 16.4 Å². The first-order valence-electron chi connectivity index (χ1n) is 11.7. The van der Waals surface area contributed by atoms with Crippen LogP contribution >= 0.6 is 0 Å². The molecule has 2 aromatic carbocycles. The van der Waals surface area contributed by atoms with E-state index in [9.17, 15) is 5.11 Å². The van der Waals surface area contributed by atoms with Gasteiger partial charge in [0.25, 0.3) is 0 Å². The minimum absolute atomic E-state index is 0.452. The van der Waals surface area contributed by atoms with Crippen molar-refractivity contribution in [3.63, 3.8) is 0 Å². The highest BCUT2D eigenvalue weighted by atomic mass is 16.5. The minimum atomic E-state index is -0.915. The summed E-state index contributed by atoms with van der Waals surface area (Å²) in [5.74, 6) is 0. The lowest BCUT2D eigenvalue weighted by atomic mass is 9.59. The highest BCUT2D eigenvalue weighted by Gasteiger charge is 2.35. The Kier molecular flexibility index (Phi) is 7.17. The molecule has 9 heteroatoms. The van der Waals surface area contributed by atoms with Gasteiger partial charge < -0.3 is 9.76 Å². The molecule has 0 fully saturated rings. The predicted octanol–water partition coefficient (Wildman–Crippen LogP) is -4.44. The van der Waals surface area contributed by atoms with Crippen molar-refractivity contribution in [3.05, 3.63) is 42.1 Å². The molecular formula is C24H33B6NO2. The average Bonchev–Trinajstić information content (AvgIpc) is 2.75. The monoisotopic (exact) mass is 433 g/mol. The second-order valence-corrected chi connectivity index (χ2v) is 10.4. The summed E-state index contributed by atoms with van der Waals surface area (Å²) in [4.78, 5) is 4.83. The van der Waals surface area contributed by atoms with Crippen LogP contribution in [0.4, 0.5) is 0 Å². The van der Waals surface area contributed by atoms with E-state index < -0.39 is 11.2 Å². The fourth-order valence-corrected chi connectivity index (χ4v) is 4.09. The van der Waals surface area contributed by atoms with Gasteiger partial charge in [0.05, 0.1) is 16.9 Å². The summed E-state index contributed by atoms with van der Waals surface area (Å²) in [6.45, 7) is 9.54. The van der Waals surface area contributed by atoms with Gasteiger partial charge in [-0.25, -0.2) is 0 Å². The number of benzene rings is 2. The summed E-state index contributed by atoms with van der Waals surface area (Å²) in [6.07, 6.45) is 2.02. The maximum absolute atomic E-state index is 10.3. The van der Waals surface area contributed by atoms with Crippen LogP contribution in [0.1, 0.15) is 33.3 Å². The summed E-state index contributed by atoms with van der Waals surface area (Å²) < 4.78 is 5.99. The van der Waals surface area contributed by atoms with Crippen LogP contribution in [-0.4, -0.2) is 68.0 Å². The first kappa shape index (κ1) is 25.5. The van der Waals surface area contributed by atoms with Gasteiger partial charge in [-0.1, -0.05) is 40.7 Å². The van der Waals surface area contributed by atoms with Crippen LogP contribution in [0.25, 0.3) is 22.4 Å². The molecule has 0 radical (unpaired) electrons. The Bertz CT molecular complexity index is 1160. The van der Waals surface area contributed by atoms with Gasteiger partial charge in [0.15, 0.2) is 0 Å². The summed E-state index contributed by atoms with van der Waals surface area (Å²) in [5.41, 5.74) is 12.1. The molecule has 0 saturated carbocycles. The maximum atomic E-state index is 10.3. The van der Waals surface area contributed by atoms with Gasteiger partial charge in [0.1, 0.15) is 39.2 Å². The van der Waals surface area contributed by atoms with Gasteiger partial charge in [0, 0.05) is 17.3 Å². The lowest BCUT2D eigenvalue weighted by molar-refractivity contribution is -0.0893. The summed E-state index contributed by atoms with van der Waals surface area (Å²) in [7, 11) is 11.5. The summed E-state index contributed by atoms with van der Waals surface area (Å²) >= 11 is 0. The maximum Gasteiger partial charge on any atom is 0.309 e. The summed E-state index contributed by atoms with van der Waals surface area (Å²) in [5, 5.41) is 10.3. The van der Waals surface area contributed by atoms with E-state index in [1.165, 1.54) is 44.0 Å². The quantitative estimate of drug-likeness (QED) is 0.400. The fourth-order valence-electron chi connectivity index (χ4n) is 4.09. The Balaban J connectivity index is 1.87. The van der Waals surface area contributed by atoms with Crippen LogP contribution < -0.4 is 32.8 Å². The molecule has 0 aliphatic rings. The second kappa shape index (κ2) is 9.27. The van der Waals surface area contributed by atoms with Crippen LogP contribution in [0, 0.1) is 6.92 Å². The molecule has 0 amide bonds. The van der Waals surface area contributed by atoms with E-state index in [0.717, 1.165) is 16.7 Å². The molecule has 3 nitrogen and oxygen atoms in total. The second-order valence-electron chi connectivity index (χ2n) is 10.4. The van der Waals surface area contributed by atoms with Crippen LogP contribution in [-0.2, 0) is 4.65 Å². The number of aryl methyl sites for hydroxylation is 1.